The van der Waals surface area contributed by atoms with E-state index in [1.54, 1.807) is 18.9 Å². The van der Waals surface area contributed by atoms with E-state index < -0.39 is 0 Å². The molecule has 0 saturated heterocycles. The van der Waals surface area contributed by atoms with E-state index in [4.69, 9.17) is 0 Å². The lowest BCUT2D eigenvalue weighted by Gasteiger charge is -2.18. The number of nitrogens with zero attached hydrogens (tertiary/aromatic N) is 4. The minimum Gasteiger partial charge on any atom is -0.315 e. The maximum absolute atomic E-state index is 4.09. The SMILES string of the molecule is CC1=NC=NC2=CN=CN1C2. The maximum atomic E-state index is 4.09. The van der Waals surface area contributed by atoms with Crippen LogP contribution in [-0.4, -0.2) is 30.0 Å². The Labute approximate surface area is 64.7 Å². The summed E-state index contributed by atoms with van der Waals surface area (Å²) >= 11 is 0. The topological polar surface area (TPSA) is 40.3 Å². The molecule has 56 valence electrons. The van der Waals surface area contributed by atoms with Gasteiger partial charge in [-0.3, -0.25) is 0 Å². The Morgan fingerprint density at radius 1 is 1.55 bits per heavy atom. The van der Waals surface area contributed by atoms with E-state index in [9.17, 15) is 0 Å². The van der Waals surface area contributed by atoms with Gasteiger partial charge in [0.25, 0.3) is 0 Å². The largest absolute Gasteiger partial charge is 0.315 e. The third-order valence-corrected chi connectivity index (χ3v) is 1.65. The predicted molar refractivity (Wildman–Crippen MR) is 44.9 cm³/mol. The normalized spacial score (nSPS) is 21.0. The quantitative estimate of drug-likeness (QED) is 0.496. The van der Waals surface area contributed by atoms with Gasteiger partial charge in [0, 0.05) is 0 Å². The van der Waals surface area contributed by atoms with Gasteiger partial charge in [-0.15, -0.1) is 0 Å². The third kappa shape index (κ3) is 1.07. The Morgan fingerprint density at radius 3 is 3.36 bits per heavy atom. The Bertz CT molecular complexity index is 285. The highest BCUT2D eigenvalue weighted by atomic mass is 15.2. The molecule has 2 rings (SSSR count). The molecule has 0 aromatic rings. The second-order valence-corrected chi connectivity index (χ2v) is 2.43. The molecule has 0 aromatic heterocycles. The van der Waals surface area contributed by atoms with Crippen LogP contribution in [0.1, 0.15) is 6.92 Å². The lowest BCUT2D eigenvalue weighted by molar-refractivity contribution is 0.663. The van der Waals surface area contributed by atoms with E-state index in [2.05, 4.69) is 15.0 Å². The summed E-state index contributed by atoms with van der Waals surface area (Å²) in [6.07, 6.45) is 5.08. The molecule has 2 aliphatic heterocycles. The first-order valence-electron chi connectivity index (χ1n) is 3.42. The number of rotatable bonds is 0. The fraction of sp³-hybridized carbons (Fsp3) is 0.286. The van der Waals surface area contributed by atoms with Crippen LogP contribution in [0.15, 0.2) is 26.9 Å². The van der Waals surface area contributed by atoms with Crippen molar-refractivity contribution in [3.63, 3.8) is 0 Å². The number of hydrogen-bond donors (Lipinski definition) is 0. The smallest absolute Gasteiger partial charge is 0.117 e. The molecule has 11 heavy (non-hydrogen) atoms. The van der Waals surface area contributed by atoms with Gasteiger partial charge in [-0.2, -0.15) is 0 Å². The minimum atomic E-state index is 0.787. The summed E-state index contributed by atoms with van der Waals surface area (Å²) in [6, 6.07) is 0. The van der Waals surface area contributed by atoms with E-state index >= 15 is 0 Å². The summed E-state index contributed by atoms with van der Waals surface area (Å²) in [4.78, 5) is 14.1. The van der Waals surface area contributed by atoms with Crippen molar-refractivity contribution in [2.75, 3.05) is 6.54 Å². The average Bonchev–Trinajstić information content (AvgIpc) is 2.14. The zero-order valence-electron chi connectivity index (χ0n) is 6.23. The van der Waals surface area contributed by atoms with Gasteiger partial charge in [0.1, 0.15) is 12.2 Å². The Morgan fingerprint density at radius 2 is 2.45 bits per heavy atom. The van der Waals surface area contributed by atoms with Gasteiger partial charge in [-0.05, 0) is 6.92 Å². The highest BCUT2D eigenvalue weighted by Gasteiger charge is 2.11. The van der Waals surface area contributed by atoms with Gasteiger partial charge < -0.3 is 4.90 Å². The number of fused-ring (bicyclic) bond motifs is 2. The summed E-state index contributed by atoms with van der Waals surface area (Å²) in [6.45, 7) is 2.72. The molecule has 0 atom stereocenters. The Balaban J connectivity index is 2.39. The molecule has 2 aliphatic rings. The molecule has 0 unspecified atom stereocenters. The predicted octanol–water partition coefficient (Wildman–Crippen LogP) is 0.632. The highest BCUT2D eigenvalue weighted by Crippen LogP contribution is 2.08. The molecule has 4 heteroatoms. The Kier molecular flexibility index (Phi) is 1.31. The van der Waals surface area contributed by atoms with E-state index in [0.717, 1.165) is 18.1 Å². The number of hydrogen-bond acceptors (Lipinski definition) is 4. The van der Waals surface area contributed by atoms with Gasteiger partial charge in [0.2, 0.25) is 0 Å². The zero-order chi connectivity index (χ0) is 7.68. The molecule has 2 bridgehead atoms. The van der Waals surface area contributed by atoms with Crippen molar-refractivity contribution < 1.29 is 0 Å². The fourth-order valence-corrected chi connectivity index (χ4v) is 0.989. The Hall–Kier alpha value is -1.45. The standard InChI is InChI=1S/C7H8N4/c1-6-9-4-10-7-2-8-5-11(6)3-7/h2,4-5H,3H2,1H3. The van der Waals surface area contributed by atoms with E-state index in [0.29, 0.717) is 0 Å². The van der Waals surface area contributed by atoms with Crippen LogP contribution in [0.25, 0.3) is 0 Å². The van der Waals surface area contributed by atoms with Gasteiger partial charge in [0.15, 0.2) is 0 Å². The van der Waals surface area contributed by atoms with Gasteiger partial charge in [0.05, 0.1) is 24.8 Å². The first-order valence-corrected chi connectivity index (χ1v) is 3.42. The van der Waals surface area contributed by atoms with E-state index in [-0.39, 0.29) is 0 Å². The summed E-state index contributed by atoms with van der Waals surface area (Å²) in [5.74, 6) is 0.931. The molecule has 2 heterocycles. The summed E-state index contributed by atoms with van der Waals surface area (Å²) in [5, 5.41) is 0. The van der Waals surface area contributed by atoms with Crippen molar-refractivity contribution in [3.8, 4) is 0 Å². The van der Waals surface area contributed by atoms with Crippen molar-refractivity contribution in [3.05, 3.63) is 11.9 Å². The van der Waals surface area contributed by atoms with E-state index in [1.807, 2.05) is 11.8 Å². The van der Waals surface area contributed by atoms with Crippen LogP contribution in [0, 0.1) is 0 Å². The third-order valence-electron chi connectivity index (χ3n) is 1.65. The van der Waals surface area contributed by atoms with Crippen LogP contribution in [0.4, 0.5) is 0 Å². The summed E-state index contributed by atoms with van der Waals surface area (Å²) in [5.41, 5.74) is 0.952. The van der Waals surface area contributed by atoms with Crippen LogP contribution in [0.2, 0.25) is 0 Å². The average molecular weight is 148 g/mol. The molecule has 0 spiro atoms. The molecule has 0 aliphatic carbocycles. The highest BCUT2D eigenvalue weighted by molar-refractivity contribution is 5.96. The van der Waals surface area contributed by atoms with Crippen molar-refractivity contribution in [1.29, 1.82) is 0 Å². The summed E-state index contributed by atoms with van der Waals surface area (Å²) < 4.78 is 0. The zero-order valence-corrected chi connectivity index (χ0v) is 6.23. The van der Waals surface area contributed by atoms with Crippen molar-refractivity contribution in [2.45, 2.75) is 6.92 Å². The minimum absolute atomic E-state index is 0.787. The van der Waals surface area contributed by atoms with Crippen molar-refractivity contribution >= 4 is 18.5 Å². The molecule has 0 aromatic carbocycles. The maximum Gasteiger partial charge on any atom is 0.117 e. The first-order chi connectivity index (χ1) is 5.36. The molecular weight excluding hydrogens is 140 g/mol. The van der Waals surface area contributed by atoms with Gasteiger partial charge in [-0.25, -0.2) is 15.0 Å². The monoisotopic (exact) mass is 148 g/mol. The number of aliphatic imine (C=N–C) groups is 3. The van der Waals surface area contributed by atoms with Crippen LogP contribution < -0.4 is 0 Å². The lowest BCUT2D eigenvalue weighted by atomic mass is 10.4. The van der Waals surface area contributed by atoms with Crippen LogP contribution >= 0.6 is 0 Å². The molecule has 0 N–H and O–H groups in total. The van der Waals surface area contributed by atoms with Crippen LogP contribution in [0.5, 0.6) is 0 Å². The molecule has 0 saturated carbocycles. The second kappa shape index (κ2) is 2.30. The van der Waals surface area contributed by atoms with Gasteiger partial charge >= 0.3 is 0 Å². The molecule has 0 fully saturated rings. The summed E-state index contributed by atoms with van der Waals surface area (Å²) in [7, 11) is 0. The number of amidine groups is 1. The van der Waals surface area contributed by atoms with Crippen LogP contribution in [-0.2, 0) is 0 Å². The van der Waals surface area contributed by atoms with Crippen LogP contribution in [0.3, 0.4) is 0 Å². The molecule has 0 radical (unpaired) electrons. The second-order valence-electron chi connectivity index (χ2n) is 2.43. The fourth-order valence-electron chi connectivity index (χ4n) is 0.989. The lowest BCUT2D eigenvalue weighted by Crippen LogP contribution is -2.29. The van der Waals surface area contributed by atoms with Crippen molar-refractivity contribution in [1.82, 2.24) is 4.90 Å². The molecule has 0 amide bonds. The van der Waals surface area contributed by atoms with Gasteiger partial charge in [-0.1, -0.05) is 0 Å². The van der Waals surface area contributed by atoms with E-state index in [1.165, 1.54) is 0 Å². The van der Waals surface area contributed by atoms with Crippen molar-refractivity contribution in [2.24, 2.45) is 15.0 Å². The molecule has 4 nitrogen and oxygen atoms in total. The molecular formula is C7H8N4. The first kappa shape index (κ1) is 6.27.